The summed E-state index contributed by atoms with van der Waals surface area (Å²) < 4.78 is 0. The van der Waals surface area contributed by atoms with E-state index in [1.54, 1.807) is 0 Å². The average molecular weight is 183 g/mol. The summed E-state index contributed by atoms with van der Waals surface area (Å²) >= 11 is 0. The molecule has 3 N–H and O–H groups in total. The molecule has 1 aliphatic heterocycles. The second-order valence-corrected chi connectivity index (χ2v) is 2.56. The summed E-state index contributed by atoms with van der Waals surface area (Å²) in [5.41, 5.74) is 0.236. The molecule has 0 saturated carbocycles. The first kappa shape index (κ1) is 9.31. The summed E-state index contributed by atoms with van der Waals surface area (Å²) in [6.45, 7) is 0.330. The number of nitrogens with one attached hydrogen (secondary N) is 1. The summed E-state index contributed by atoms with van der Waals surface area (Å²) in [7, 11) is 0. The van der Waals surface area contributed by atoms with Crippen molar-refractivity contribution in [3.63, 3.8) is 0 Å². The van der Waals surface area contributed by atoms with Crippen molar-refractivity contribution < 1.29 is 19.8 Å². The minimum Gasteiger partial charge on any atom is -0.478 e. The molecule has 1 heterocycles. The van der Waals surface area contributed by atoms with Crippen LogP contribution >= 0.6 is 0 Å². The van der Waals surface area contributed by atoms with E-state index in [0.717, 1.165) is 0 Å². The Hall–Kier alpha value is -1.78. The maximum Gasteiger partial charge on any atom is 0.351 e. The summed E-state index contributed by atoms with van der Waals surface area (Å²) in [4.78, 5) is 21.0. The molecule has 0 bridgehead atoms. The molecule has 0 fully saturated rings. The first-order valence-corrected chi connectivity index (χ1v) is 3.72. The van der Waals surface area contributed by atoms with Gasteiger partial charge in [-0.3, -0.25) is 0 Å². The lowest BCUT2D eigenvalue weighted by Crippen LogP contribution is -2.20. The quantitative estimate of drug-likeness (QED) is 0.559. The number of rotatable bonds is 2. The maximum atomic E-state index is 10.5. The SMILES string of the molecule is O=C(O)C1=CC=C(C(=O)O)NCC1. The van der Waals surface area contributed by atoms with Gasteiger partial charge in [-0.25, -0.2) is 9.59 Å². The Morgan fingerprint density at radius 2 is 1.92 bits per heavy atom. The lowest BCUT2D eigenvalue weighted by molar-refractivity contribution is -0.133. The van der Waals surface area contributed by atoms with Gasteiger partial charge in [0.05, 0.1) is 0 Å². The Kier molecular flexibility index (Phi) is 2.69. The molecule has 13 heavy (non-hydrogen) atoms. The molecule has 1 rings (SSSR count). The monoisotopic (exact) mass is 183 g/mol. The average Bonchev–Trinajstić information content (AvgIpc) is 2.27. The largest absolute Gasteiger partial charge is 0.478 e. The van der Waals surface area contributed by atoms with E-state index in [9.17, 15) is 9.59 Å². The van der Waals surface area contributed by atoms with Gasteiger partial charge in [0.2, 0.25) is 0 Å². The molecule has 0 spiro atoms. The second-order valence-electron chi connectivity index (χ2n) is 2.56. The van der Waals surface area contributed by atoms with Crippen molar-refractivity contribution in [2.75, 3.05) is 6.54 Å². The van der Waals surface area contributed by atoms with Crippen molar-refractivity contribution in [1.82, 2.24) is 5.32 Å². The van der Waals surface area contributed by atoms with Crippen molar-refractivity contribution in [3.8, 4) is 0 Å². The van der Waals surface area contributed by atoms with Crippen LogP contribution in [-0.4, -0.2) is 28.7 Å². The number of carboxylic acid groups (broad SMARTS) is 2. The van der Waals surface area contributed by atoms with Gasteiger partial charge >= 0.3 is 11.9 Å². The minimum absolute atomic E-state index is 0.0243. The third kappa shape index (κ3) is 2.33. The van der Waals surface area contributed by atoms with Crippen LogP contribution in [-0.2, 0) is 9.59 Å². The van der Waals surface area contributed by atoms with Crippen LogP contribution in [0.1, 0.15) is 6.42 Å². The highest BCUT2D eigenvalue weighted by Gasteiger charge is 2.12. The van der Waals surface area contributed by atoms with Crippen LogP contribution in [0.5, 0.6) is 0 Å². The van der Waals surface area contributed by atoms with Crippen molar-refractivity contribution in [2.24, 2.45) is 0 Å². The number of aliphatic carboxylic acids is 2. The molecule has 5 nitrogen and oxygen atoms in total. The van der Waals surface area contributed by atoms with E-state index < -0.39 is 11.9 Å². The fourth-order valence-electron chi connectivity index (χ4n) is 0.983. The zero-order chi connectivity index (χ0) is 9.84. The molecule has 0 aliphatic carbocycles. The molecule has 70 valence electrons. The van der Waals surface area contributed by atoms with Crippen molar-refractivity contribution in [2.45, 2.75) is 6.42 Å². The van der Waals surface area contributed by atoms with Gasteiger partial charge in [-0.05, 0) is 18.6 Å². The van der Waals surface area contributed by atoms with Gasteiger partial charge < -0.3 is 15.5 Å². The van der Waals surface area contributed by atoms with Gasteiger partial charge in [-0.1, -0.05) is 0 Å². The lowest BCUT2D eigenvalue weighted by atomic mass is 10.2. The van der Waals surface area contributed by atoms with Gasteiger partial charge in [0.1, 0.15) is 5.70 Å². The molecule has 0 aromatic carbocycles. The molecule has 0 aromatic heterocycles. The third-order valence-corrected chi connectivity index (χ3v) is 1.67. The van der Waals surface area contributed by atoms with Crippen LogP contribution in [0.4, 0.5) is 0 Å². The maximum absolute atomic E-state index is 10.5. The van der Waals surface area contributed by atoms with E-state index in [1.807, 2.05) is 0 Å². The molecule has 0 saturated heterocycles. The van der Waals surface area contributed by atoms with E-state index in [2.05, 4.69) is 5.32 Å². The van der Waals surface area contributed by atoms with E-state index in [4.69, 9.17) is 10.2 Å². The van der Waals surface area contributed by atoms with Crippen LogP contribution < -0.4 is 5.32 Å². The molecule has 0 unspecified atom stereocenters. The van der Waals surface area contributed by atoms with E-state index >= 15 is 0 Å². The highest BCUT2D eigenvalue weighted by Crippen LogP contribution is 2.06. The topological polar surface area (TPSA) is 86.6 Å². The normalized spacial score (nSPS) is 16.3. The number of carboxylic acids is 2. The predicted octanol–water partition coefficient (Wildman–Crippen LogP) is -0.0408. The van der Waals surface area contributed by atoms with Gasteiger partial charge in [-0.15, -0.1) is 0 Å². The Balaban J connectivity index is 2.84. The molecule has 0 radical (unpaired) electrons. The first-order valence-electron chi connectivity index (χ1n) is 3.72. The van der Waals surface area contributed by atoms with Crippen LogP contribution in [0, 0.1) is 0 Å². The van der Waals surface area contributed by atoms with Crippen molar-refractivity contribution in [3.05, 3.63) is 23.4 Å². The summed E-state index contributed by atoms with van der Waals surface area (Å²) in [6, 6.07) is 0. The summed E-state index contributed by atoms with van der Waals surface area (Å²) in [5.74, 6) is -2.09. The van der Waals surface area contributed by atoms with Gasteiger partial charge in [-0.2, -0.15) is 0 Å². The smallest absolute Gasteiger partial charge is 0.351 e. The standard InChI is InChI=1S/C8H9NO4/c10-7(11)5-1-2-6(8(12)13)9-4-3-5/h1-2,9H,3-4H2,(H,10,11)(H,12,13). The fraction of sp³-hybridized carbons (Fsp3) is 0.250. The van der Waals surface area contributed by atoms with Crippen molar-refractivity contribution >= 4 is 11.9 Å². The Morgan fingerprint density at radius 3 is 2.46 bits per heavy atom. The molecule has 5 heteroatoms. The number of carbonyl (C=O) groups is 2. The molecule has 0 amide bonds. The van der Waals surface area contributed by atoms with Crippen LogP contribution in [0.25, 0.3) is 0 Å². The zero-order valence-corrected chi connectivity index (χ0v) is 6.78. The predicted molar refractivity (Wildman–Crippen MR) is 44.1 cm³/mol. The number of hydrogen-bond donors (Lipinski definition) is 3. The Morgan fingerprint density at radius 1 is 1.23 bits per heavy atom. The van der Waals surface area contributed by atoms with Gasteiger partial charge in [0.15, 0.2) is 0 Å². The number of hydrogen-bond acceptors (Lipinski definition) is 3. The van der Waals surface area contributed by atoms with E-state index in [1.165, 1.54) is 12.2 Å². The zero-order valence-electron chi connectivity index (χ0n) is 6.78. The van der Waals surface area contributed by atoms with Crippen LogP contribution in [0.15, 0.2) is 23.4 Å². The number of allylic oxidation sites excluding steroid dienone is 2. The van der Waals surface area contributed by atoms with Crippen LogP contribution in [0.2, 0.25) is 0 Å². The van der Waals surface area contributed by atoms with E-state index in [-0.39, 0.29) is 11.3 Å². The lowest BCUT2D eigenvalue weighted by Gasteiger charge is -2.02. The van der Waals surface area contributed by atoms with Crippen molar-refractivity contribution in [1.29, 1.82) is 0 Å². The van der Waals surface area contributed by atoms with Gasteiger partial charge in [0, 0.05) is 12.1 Å². The second kappa shape index (κ2) is 3.75. The molecular weight excluding hydrogens is 174 g/mol. The molecule has 1 aliphatic rings. The molecular formula is C8H9NO4. The van der Waals surface area contributed by atoms with Gasteiger partial charge in [0.25, 0.3) is 0 Å². The highest BCUT2D eigenvalue weighted by molar-refractivity contribution is 5.89. The minimum atomic E-state index is -1.08. The fourth-order valence-corrected chi connectivity index (χ4v) is 0.983. The van der Waals surface area contributed by atoms with Crippen LogP contribution in [0.3, 0.4) is 0 Å². The molecule has 0 atom stereocenters. The summed E-state index contributed by atoms with van der Waals surface area (Å²) in [5, 5.41) is 19.8. The Labute approximate surface area is 74.4 Å². The van der Waals surface area contributed by atoms with E-state index in [0.29, 0.717) is 13.0 Å². The Bertz CT molecular complexity index is 273. The summed E-state index contributed by atoms with van der Waals surface area (Å²) in [6.07, 6.45) is 2.90. The highest BCUT2D eigenvalue weighted by atomic mass is 16.4. The molecule has 0 aromatic rings. The third-order valence-electron chi connectivity index (χ3n) is 1.67. The first-order chi connectivity index (χ1) is 6.11.